The molecule has 7 rings (SSSR count). The van der Waals surface area contributed by atoms with Crippen molar-refractivity contribution in [2.75, 3.05) is 11.5 Å². The molecule has 0 aliphatic rings. The number of imidazole rings is 1. The number of aryl methyl sites for hydroxylation is 6. The summed E-state index contributed by atoms with van der Waals surface area (Å²) in [6.45, 7) is 0.671. The molecule has 0 aliphatic heterocycles. The van der Waals surface area contributed by atoms with Crippen molar-refractivity contribution in [3.63, 3.8) is 0 Å². The van der Waals surface area contributed by atoms with Gasteiger partial charge in [-0.05, 0) is 128 Å². The molecule has 0 aliphatic carbocycles. The van der Waals surface area contributed by atoms with Gasteiger partial charge in [0.15, 0.2) is 0 Å². The molecule has 1 heterocycles. The summed E-state index contributed by atoms with van der Waals surface area (Å²) in [5.74, 6) is -0.190. The lowest BCUT2D eigenvalue weighted by Crippen LogP contribution is -2.05. The molecule has 302 valence electrons. The van der Waals surface area contributed by atoms with E-state index in [1.807, 2.05) is 79.1 Å². The molecule has 6 aromatic carbocycles. The second kappa shape index (κ2) is 21.6. The SMILES string of the molecule is Cc1cc(F)ccc1CCc1ccccc1[N+](=O)[O-].Cc1cc(F)ccc1Cn1c(N)nc2ccccc21.FC(F)F.Nc1ccccc1CCc1ccc(F)cc1. The van der Waals surface area contributed by atoms with Crippen LogP contribution in [0.25, 0.3) is 11.0 Å². The molecule has 7 aromatic rings. The minimum absolute atomic E-state index is 0.141. The van der Waals surface area contributed by atoms with Crippen LogP contribution in [0.2, 0.25) is 0 Å². The average Bonchev–Trinajstić information content (AvgIpc) is 3.50. The Balaban J connectivity index is 0.000000184. The molecule has 0 radical (unpaired) electrons. The molecular formula is C45H43F6N5O2. The van der Waals surface area contributed by atoms with Crippen LogP contribution in [0.1, 0.15) is 38.9 Å². The number of nitro benzene ring substituents is 1. The summed E-state index contributed by atoms with van der Waals surface area (Å²) >= 11 is 0. The van der Waals surface area contributed by atoms with Gasteiger partial charge in [0.05, 0.1) is 22.5 Å². The van der Waals surface area contributed by atoms with Crippen LogP contribution in [0, 0.1) is 41.4 Å². The summed E-state index contributed by atoms with van der Waals surface area (Å²) in [6, 6.07) is 38.4. The number of nitrogens with two attached hydrogens (primary N) is 2. The first kappa shape index (κ1) is 44.1. The van der Waals surface area contributed by atoms with Crippen molar-refractivity contribution in [3.05, 3.63) is 200 Å². The number of nitrogens with zero attached hydrogens (tertiary/aromatic N) is 3. The Morgan fingerprint density at radius 3 is 1.72 bits per heavy atom. The summed E-state index contributed by atoms with van der Waals surface area (Å²) in [5.41, 5.74) is 21.5. The predicted molar refractivity (Wildman–Crippen MR) is 218 cm³/mol. The van der Waals surface area contributed by atoms with Gasteiger partial charge in [-0.2, -0.15) is 13.2 Å². The van der Waals surface area contributed by atoms with Crippen LogP contribution in [0.4, 0.5) is 43.7 Å². The lowest BCUT2D eigenvalue weighted by atomic mass is 9.99. The molecule has 0 spiro atoms. The van der Waals surface area contributed by atoms with Gasteiger partial charge in [-0.3, -0.25) is 10.1 Å². The minimum atomic E-state index is -3.67. The van der Waals surface area contributed by atoms with Crippen LogP contribution in [0.15, 0.2) is 133 Å². The molecule has 58 heavy (non-hydrogen) atoms. The number of anilines is 2. The van der Waals surface area contributed by atoms with E-state index >= 15 is 0 Å². The summed E-state index contributed by atoms with van der Waals surface area (Å²) in [7, 11) is 0. The molecule has 0 bridgehead atoms. The zero-order valence-electron chi connectivity index (χ0n) is 31.9. The van der Waals surface area contributed by atoms with Gasteiger partial charge >= 0.3 is 6.68 Å². The first-order chi connectivity index (χ1) is 27.7. The number of benzene rings is 6. The first-order valence-corrected chi connectivity index (χ1v) is 18.1. The van der Waals surface area contributed by atoms with Gasteiger partial charge in [0, 0.05) is 17.3 Å². The van der Waals surface area contributed by atoms with E-state index in [2.05, 4.69) is 4.98 Å². The molecule has 0 fully saturated rings. The summed E-state index contributed by atoms with van der Waals surface area (Å²) in [5, 5.41) is 10.9. The molecule has 0 atom stereocenters. The van der Waals surface area contributed by atoms with Gasteiger partial charge in [0.1, 0.15) is 17.5 Å². The number of nitro groups is 1. The van der Waals surface area contributed by atoms with Gasteiger partial charge in [-0.25, -0.2) is 18.2 Å². The van der Waals surface area contributed by atoms with Gasteiger partial charge < -0.3 is 16.0 Å². The highest BCUT2D eigenvalue weighted by Gasteiger charge is 2.13. The van der Waals surface area contributed by atoms with Gasteiger partial charge in [0.2, 0.25) is 5.95 Å². The minimum Gasteiger partial charge on any atom is -0.399 e. The quantitative estimate of drug-likeness (QED) is 0.0653. The predicted octanol–water partition coefficient (Wildman–Crippen LogP) is 11.3. The zero-order valence-corrected chi connectivity index (χ0v) is 31.9. The third kappa shape index (κ3) is 13.5. The van der Waals surface area contributed by atoms with Crippen LogP contribution >= 0.6 is 0 Å². The lowest BCUT2D eigenvalue weighted by molar-refractivity contribution is -0.385. The molecule has 0 saturated heterocycles. The number of rotatable bonds is 9. The van der Waals surface area contributed by atoms with E-state index in [1.54, 1.807) is 30.3 Å². The Hall–Kier alpha value is -6.63. The number of hydrogen-bond acceptors (Lipinski definition) is 5. The maximum absolute atomic E-state index is 13.1. The Morgan fingerprint density at radius 2 is 1.12 bits per heavy atom. The van der Waals surface area contributed by atoms with E-state index in [0.717, 1.165) is 62.9 Å². The molecule has 4 N–H and O–H groups in total. The van der Waals surface area contributed by atoms with E-state index in [4.69, 9.17) is 11.5 Å². The van der Waals surface area contributed by atoms with Gasteiger partial charge in [-0.15, -0.1) is 0 Å². The number of fused-ring (bicyclic) bond motifs is 1. The third-order valence-electron chi connectivity index (χ3n) is 9.13. The van der Waals surface area contributed by atoms with E-state index < -0.39 is 6.68 Å². The van der Waals surface area contributed by atoms with Crippen molar-refractivity contribution in [1.29, 1.82) is 0 Å². The number of nitrogen functional groups attached to an aromatic ring is 2. The van der Waals surface area contributed by atoms with Gasteiger partial charge in [0.25, 0.3) is 5.69 Å². The fourth-order valence-electron chi connectivity index (χ4n) is 6.07. The molecule has 1 aromatic heterocycles. The van der Waals surface area contributed by atoms with Crippen LogP contribution in [-0.2, 0) is 32.2 Å². The summed E-state index contributed by atoms with van der Waals surface area (Å²) in [4.78, 5) is 14.9. The van der Waals surface area contributed by atoms with Crippen molar-refractivity contribution in [3.8, 4) is 0 Å². The monoisotopic (exact) mass is 799 g/mol. The van der Waals surface area contributed by atoms with Crippen molar-refractivity contribution >= 4 is 28.4 Å². The Kier molecular flexibility index (Phi) is 16.4. The summed E-state index contributed by atoms with van der Waals surface area (Å²) < 4.78 is 69.7. The largest absolute Gasteiger partial charge is 0.399 e. The highest BCUT2D eigenvalue weighted by molar-refractivity contribution is 5.78. The second-order valence-electron chi connectivity index (χ2n) is 13.1. The number of halogens is 6. The number of aromatic nitrogens is 2. The average molecular weight is 800 g/mol. The Bertz CT molecular complexity index is 2400. The molecular weight excluding hydrogens is 757 g/mol. The van der Waals surface area contributed by atoms with Crippen molar-refractivity contribution in [2.24, 2.45) is 0 Å². The highest BCUT2D eigenvalue weighted by atomic mass is 19.4. The normalized spacial score (nSPS) is 10.5. The molecule has 7 nitrogen and oxygen atoms in total. The first-order valence-electron chi connectivity index (χ1n) is 18.1. The maximum atomic E-state index is 13.1. The number of hydrogen-bond donors (Lipinski definition) is 2. The van der Waals surface area contributed by atoms with E-state index in [-0.39, 0.29) is 28.1 Å². The number of alkyl halides is 3. The third-order valence-corrected chi connectivity index (χ3v) is 9.13. The van der Waals surface area contributed by atoms with Crippen LogP contribution in [0.3, 0.4) is 0 Å². The standard InChI is InChI=1S/C15H14FN3.C15H14FNO2.C14H14FN.CHF3/c1-10-8-12(16)7-6-11(10)9-19-14-5-3-2-4-13(14)18-15(19)17;1-11-10-14(16)9-8-12(11)6-7-13-4-2-3-5-15(13)17(18)19;15-13-9-6-11(7-10-13)5-8-12-3-1-2-4-14(12)16;2-1(3)4/h2-8H,9H2,1H3,(H2,17,18);2-5,8-10H,6-7H2,1H3;1-4,6-7,9-10H,5,8,16H2;1H. The number of para-hydroxylation sites is 4. The maximum Gasteiger partial charge on any atom is 0.379 e. The topological polar surface area (TPSA) is 113 Å². The molecule has 0 saturated carbocycles. The highest BCUT2D eigenvalue weighted by Crippen LogP contribution is 2.22. The van der Waals surface area contributed by atoms with Crippen molar-refractivity contribution in [1.82, 2.24) is 9.55 Å². The van der Waals surface area contributed by atoms with Crippen molar-refractivity contribution in [2.45, 2.75) is 52.8 Å². The Morgan fingerprint density at radius 1 is 0.621 bits per heavy atom. The zero-order chi connectivity index (χ0) is 42.2. The fraction of sp³-hybridized carbons (Fsp3) is 0.178. The van der Waals surface area contributed by atoms with Crippen LogP contribution in [0.5, 0.6) is 0 Å². The second-order valence-corrected chi connectivity index (χ2v) is 13.1. The molecule has 13 heteroatoms. The Labute approximate surface area is 332 Å². The van der Waals surface area contributed by atoms with E-state index in [1.165, 1.54) is 42.5 Å². The summed E-state index contributed by atoms with van der Waals surface area (Å²) in [6.07, 6.45) is 3.01. The molecule has 0 unspecified atom stereocenters. The van der Waals surface area contributed by atoms with Crippen LogP contribution in [-0.4, -0.2) is 21.2 Å². The fourth-order valence-corrected chi connectivity index (χ4v) is 6.07. The van der Waals surface area contributed by atoms with E-state index in [9.17, 15) is 36.5 Å². The molecule has 0 amide bonds. The van der Waals surface area contributed by atoms with Crippen LogP contribution < -0.4 is 11.5 Å². The van der Waals surface area contributed by atoms with Gasteiger partial charge in [-0.1, -0.05) is 72.8 Å². The van der Waals surface area contributed by atoms with Crippen molar-refractivity contribution < 1.29 is 31.3 Å². The smallest absolute Gasteiger partial charge is 0.379 e. The van der Waals surface area contributed by atoms with E-state index in [0.29, 0.717) is 30.9 Å². The lowest BCUT2D eigenvalue weighted by Gasteiger charge is -2.09.